The van der Waals surface area contributed by atoms with E-state index in [1.165, 1.54) is 26.2 Å². The third-order valence-corrected chi connectivity index (χ3v) is 3.21. The number of methoxy groups -OCH3 is 1. The first-order valence-electron chi connectivity index (χ1n) is 6.13. The number of nitrogens with one attached hydrogen (secondary N) is 1. The normalized spacial score (nSPS) is 13.1. The van der Waals surface area contributed by atoms with Crippen LogP contribution in [0.2, 0.25) is 0 Å². The van der Waals surface area contributed by atoms with Crippen molar-refractivity contribution in [2.75, 3.05) is 7.11 Å². The van der Waals surface area contributed by atoms with Gasteiger partial charge in [0.1, 0.15) is 5.54 Å². The molecule has 1 amide bonds. The summed E-state index contributed by atoms with van der Waals surface area (Å²) >= 11 is 0. The van der Waals surface area contributed by atoms with Crippen molar-refractivity contribution in [1.82, 2.24) is 5.32 Å². The summed E-state index contributed by atoms with van der Waals surface area (Å²) in [6, 6.07) is 3.67. The maximum Gasteiger partial charge on any atom is 0.329 e. The summed E-state index contributed by atoms with van der Waals surface area (Å²) in [5.74, 6) is -1.86. The van der Waals surface area contributed by atoms with Gasteiger partial charge in [-0.25, -0.2) is 4.79 Å². The Morgan fingerprint density at radius 3 is 2.52 bits per heavy atom. The molecule has 21 heavy (non-hydrogen) atoms. The quantitative estimate of drug-likeness (QED) is 0.607. The molecule has 1 aromatic carbocycles. The van der Waals surface area contributed by atoms with Crippen molar-refractivity contribution in [1.29, 1.82) is 0 Å². The highest BCUT2D eigenvalue weighted by Crippen LogP contribution is 2.27. The molecule has 1 aromatic rings. The lowest BCUT2D eigenvalue weighted by molar-refractivity contribution is -0.385. The number of aliphatic carboxylic acids is 1. The molecule has 1 rings (SSSR count). The van der Waals surface area contributed by atoms with Gasteiger partial charge in [0, 0.05) is 11.6 Å². The van der Waals surface area contributed by atoms with Crippen LogP contribution in [0, 0.1) is 10.1 Å². The molecule has 0 heterocycles. The predicted octanol–water partition coefficient (Wildman–Crippen LogP) is 1.59. The molecular weight excluding hydrogens is 280 g/mol. The molecule has 0 radical (unpaired) electrons. The highest BCUT2D eigenvalue weighted by Gasteiger charge is 2.33. The van der Waals surface area contributed by atoms with Crippen molar-refractivity contribution < 1.29 is 24.4 Å². The Hall–Kier alpha value is -2.64. The minimum atomic E-state index is -1.44. The molecule has 0 aromatic heterocycles. The zero-order chi connectivity index (χ0) is 16.2. The van der Waals surface area contributed by atoms with E-state index < -0.39 is 22.3 Å². The minimum Gasteiger partial charge on any atom is -0.490 e. The molecular formula is C13H16N2O6. The van der Waals surface area contributed by atoms with Gasteiger partial charge in [0.05, 0.1) is 12.0 Å². The molecule has 0 aliphatic heterocycles. The van der Waals surface area contributed by atoms with Gasteiger partial charge >= 0.3 is 11.7 Å². The van der Waals surface area contributed by atoms with Crippen molar-refractivity contribution in [2.45, 2.75) is 25.8 Å². The van der Waals surface area contributed by atoms with E-state index in [1.807, 2.05) is 0 Å². The molecule has 8 heteroatoms. The molecule has 0 fully saturated rings. The molecule has 0 aliphatic rings. The van der Waals surface area contributed by atoms with Crippen LogP contribution in [0.25, 0.3) is 0 Å². The molecule has 114 valence electrons. The standard InChI is InChI=1S/C13H16N2O6/c1-4-13(2,12(17)18)14-11(16)8-5-6-10(21-3)9(7-8)15(19)20/h5-7H,4H2,1-3H3,(H,14,16)(H,17,18). The van der Waals surface area contributed by atoms with E-state index in [4.69, 9.17) is 9.84 Å². The van der Waals surface area contributed by atoms with E-state index in [1.54, 1.807) is 6.92 Å². The summed E-state index contributed by atoms with van der Waals surface area (Å²) in [6.45, 7) is 2.98. The highest BCUT2D eigenvalue weighted by atomic mass is 16.6. The van der Waals surface area contributed by atoms with Crippen molar-refractivity contribution in [2.24, 2.45) is 0 Å². The van der Waals surface area contributed by atoms with Gasteiger partial charge in [-0.3, -0.25) is 14.9 Å². The number of hydrogen-bond acceptors (Lipinski definition) is 5. The molecule has 2 N–H and O–H groups in total. The van der Waals surface area contributed by atoms with Crippen LogP contribution in [0.4, 0.5) is 5.69 Å². The van der Waals surface area contributed by atoms with E-state index in [0.29, 0.717) is 0 Å². The zero-order valence-electron chi connectivity index (χ0n) is 11.9. The molecule has 0 saturated heterocycles. The number of carbonyl (C=O) groups is 2. The Kier molecular flexibility index (Phi) is 4.85. The van der Waals surface area contributed by atoms with Gasteiger partial charge in [-0.05, 0) is 25.5 Å². The number of benzene rings is 1. The Bertz CT molecular complexity index is 586. The third-order valence-electron chi connectivity index (χ3n) is 3.21. The van der Waals surface area contributed by atoms with Crippen molar-refractivity contribution in [3.05, 3.63) is 33.9 Å². The van der Waals surface area contributed by atoms with Gasteiger partial charge in [-0.2, -0.15) is 0 Å². The summed E-state index contributed by atoms with van der Waals surface area (Å²) < 4.78 is 4.83. The van der Waals surface area contributed by atoms with E-state index in [-0.39, 0.29) is 23.4 Å². The second kappa shape index (κ2) is 6.21. The molecule has 8 nitrogen and oxygen atoms in total. The Morgan fingerprint density at radius 1 is 1.48 bits per heavy atom. The van der Waals surface area contributed by atoms with Gasteiger partial charge in [-0.1, -0.05) is 6.92 Å². The largest absolute Gasteiger partial charge is 0.490 e. The number of ether oxygens (including phenoxy) is 1. The van der Waals surface area contributed by atoms with Gasteiger partial charge in [-0.15, -0.1) is 0 Å². The van der Waals surface area contributed by atoms with Gasteiger partial charge in [0.2, 0.25) is 0 Å². The zero-order valence-corrected chi connectivity index (χ0v) is 11.9. The van der Waals surface area contributed by atoms with Gasteiger partial charge < -0.3 is 15.2 Å². The number of carbonyl (C=O) groups excluding carboxylic acids is 1. The van der Waals surface area contributed by atoms with E-state index in [0.717, 1.165) is 6.07 Å². The van der Waals surface area contributed by atoms with Gasteiger partial charge in [0.15, 0.2) is 5.75 Å². The maximum atomic E-state index is 12.1. The van der Waals surface area contributed by atoms with Crippen LogP contribution in [0.1, 0.15) is 30.6 Å². The number of hydrogen-bond donors (Lipinski definition) is 2. The maximum absolute atomic E-state index is 12.1. The van der Waals surface area contributed by atoms with Crippen LogP contribution < -0.4 is 10.1 Å². The average molecular weight is 296 g/mol. The van der Waals surface area contributed by atoms with Crippen LogP contribution >= 0.6 is 0 Å². The summed E-state index contributed by atoms with van der Waals surface area (Å²) in [6.07, 6.45) is 0.173. The monoisotopic (exact) mass is 296 g/mol. The lowest BCUT2D eigenvalue weighted by Crippen LogP contribution is -2.51. The number of nitro groups is 1. The number of carboxylic acids is 1. The third kappa shape index (κ3) is 3.47. The van der Waals surface area contributed by atoms with Crippen LogP contribution in [0.5, 0.6) is 5.75 Å². The molecule has 0 bridgehead atoms. The molecule has 1 unspecified atom stereocenters. The molecule has 1 atom stereocenters. The van der Waals surface area contributed by atoms with Crippen LogP contribution in [-0.4, -0.2) is 34.6 Å². The average Bonchev–Trinajstić information content (AvgIpc) is 2.45. The first kappa shape index (κ1) is 16.4. The van der Waals surface area contributed by atoms with Gasteiger partial charge in [0.25, 0.3) is 5.91 Å². The molecule has 0 spiro atoms. The second-order valence-corrected chi connectivity index (χ2v) is 4.59. The fourth-order valence-corrected chi connectivity index (χ4v) is 1.59. The van der Waals surface area contributed by atoms with Crippen molar-refractivity contribution >= 4 is 17.6 Å². The number of nitrogens with zero attached hydrogens (tertiary/aromatic N) is 1. The SMILES string of the molecule is CCC(C)(NC(=O)c1ccc(OC)c([N+](=O)[O-])c1)C(=O)O. The smallest absolute Gasteiger partial charge is 0.329 e. The fourth-order valence-electron chi connectivity index (χ4n) is 1.59. The Morgan fingerprint density at radius 2 is 2.10 bits per heavy atom. The Balaban J connectivity index is 3.11. The molecule has 0 aliphatic carbocycles. The first-order chi connectivity index (χ1) is 9.75. The topological polar surface area (TPSA) is 119 Å². The van der Waals surface area contributed by atoms with Crippen LogP contribution in [0.3, 0.4) is 0 Å². The molecule has 0 saturated carbocycles. The fraction of sp³-hybridized carbons (Fsp3) is 0.385. The lowest BCUT2D eigenvalue weighted by atomic mass is 9.98. The highest BCUT2D eigenvalue weighted by molar-refractivity contribution is 5.98. The number of nitro benzene ring substituents is 1. The number of carboxylic acid groups (broad SMARTS) is 1. The minimum absolute atomic E-state index is 0.0107. The first-order valence-corrected chi connectivity index (χ1v) is 6.13. The predicted molar refractivity (Wildman–Crippen MR) is 73.4 cm³/mol. The number of rotatable bonds is 6. The van der Waals surface area contributed by atoms with Crippen molar-refractivity contribution in [3.63, 3.8) is 0 Å². The summed E-state index contributed by atoms with van der Waals surface area (Å²) in [7, 11) is 1.28. The second-order valence-electron chi connectivity index (χ2n) is 4.59. The van der Waals surface area contributed by atoms with Crippen molar-refractivity contribution in [3.8, 4) is 5.75 Å². The van der Waals surface area contributed by atoms with Crippen LogP contribution in [-0.2, 0) is 4.79 Å². The summed E-state index contributed by atoms with van der Waals surface area (Å²) in [4.78, 5) is 33.4. The Labute approximate surface area is 120 Å². The van der Waals surface area contributed by atoms with E-state index in [9.17, 15) is 19.7 Å². The lowest BCUT2D eigenvalue weighted by Gasteiger charge is -2.24. The number of amides is 1. The van der Waals surface area contributed by atoms with Crippen LogP contribution in [0.15, 0.2) is 18.2 Å². The van der Waals surface area contributed by atoms with E-state index >= 15 is 0 Å². The van der Waals surface area contributed by atoms with E-state index in [2.05, 4.69) is 5.32 Å². The summed E-state index contributed by atoms with van der Waals surface area (Å²) in [5, 5.41) is 22.4. The summed E-state index contributed by atoms with van der Waals surface area (Å²) in [5.41, 5.74) is -1.81.